The van der Waals surface area contributed by atoms with E-state index in [9.17, 15) is 9.18 Å². The minimum absolute atomic E-state index is 0.168. The zero-order valence-corrected chi connectivity index (χ0v) is 13.3. The van der Waals surface area contributed by atoms with Gasteiger partial charge in [0.25, 0.3) is 5.91 Å². The Balaban J connectivity index is 1.58. The molecule has 3 heterocycles. The molecule has 23 heavy (non-hydrogen) atoms. The molecule has 7 heteroatoms. The van der Waals surface area contributed by atoms with Crippen molar-refractivity contribution < 1.29 is 9.18 Å². The topological polar surface area (TPSA) is 69.8 Å². The van der Waals surface area contributed by atoms with Crippen molar-refractivity contribution in [2.75, 3.05) is 12.3 Å². The zero-order valence-electron chi connectivity index (χ0n) is 12.5. The summed E-state index contributed by atoms with van der Waals surface area (Å²) in [4.78, 5) is 13.7. The number of amides is 1. The molecular weight excluding hydrogens is 315 g/mol. The number of fused-ring (bicyclic) bond motifs is 2. The zero-order chi connectivity index (χ0) is 15.8. The number of benzene rings is 1. The van der Waals surface area contributed by atoms with Crippen molar-refractivity contribution in [3.63, 3.8) is 0 Å². The van der Waals surface area contributed by atoms with Crippen molar-refractivity contribution >= 4 is 17.7 Å². The smallest absolute Gasteiger partial charge is 0.272 e. The second-order valence-corrected chi connectivity index (χ2v) is 6.94. The van der Waals surface area contributed by atoms with Crippen LogP contribution in [0, 0.1) is 5.82 Å². The fourth-order valence-electron chi connectivity index (χ4n) is 3.15. The van der Waals surface area contributed by atoms with Gasteiger partial charge in [0, 0.05) is 41.4 Å². The van der Waals surface area contributed by atoms with Crippen molar-refractivity contribution in [2.45, 2.75) is 30.3 Å². The first-order chi connectivity index (χ1) is 11.2. The molecule has 1 atom stereocenters. The molecule has 1 aromatic heterocycles. The maximum Gasteiger partial charge on any atom is 0.272 e. The number of nitrogens with one attached hydrogen (secondary N) is 3. The number of hydrogen-bond donors (Lipinski definition) is 3. The van der Waals surface area contributed by atoms with Crippen LogP contribution in [-0.4, -0.2) is 28.4 Å². The van der Waals surface area contributed by atoms with Gasteiger partial charge < -0.3 is 10.6 Å². The molecule has 1 amide bonds. The van der Waals surface area contributed by atoms with Gasteiger partial charge in [-0.25, -0.2) is 4.39 Å². The van der Waals surface area contributed by atoms with E-state index in [2.05, 4.69) is 20.8 Å². The molecule has 120 valence electrons. The fraction of sp³-hybridized carbons (Fsp3) is 0.375. The van der Waals surface area contributed by atoms with E-state index in [1.54, 1.807) is 17.8 Å². The van der Waals surface area contributed by atoms with E-state index in [1.807, 2.05) is 0 Å². The average molecular weight is 332 g/mol. The summed E-state index contributed by atoms with van der Waals surface area (Å²) in [7, 11) is 0. The molecular formula is C16H17FN4OS. The van der Waals surface area contributed by atoms with Crippen LogP contribution in [0.2, 0.25) is 0 Å². The summed E-state index contributed by atoms with van der Waals surface area (Å²) < 4.78 is 13.6. The molecule has 0 fully saturated rings. The molecule has 0 spiro atoms. The van der Waals surface area contributed by atoms with E-state index in [0.717, 1.165) is 46.9 Å². The van der Waals surface area contributed by atoms with Gasteiger partial charge in [-0.1, -0.05) is 0 Å². The van der Waals surface area contributed by atoms with Crippen LogP contribution >= 0.6 is 11.8 Å². The lowest BCUT2D eigenvalue weighted by atomic mass is 10.0. The number of aromatic amines is 1. The van der Waals surface area contributed by atoms with E-state index >= 15 is 0 Å². The number of aromatic nitrogens is 2. The molecule has 4 rings (SSSR count). The Labute approximate surface area is 137 Å². The predicted octanol–water partition coefficient (Wildman–Crippen LogP) is 2.16. The number of rotatable bonds is 2. The van der Waals surface area contributed by atoms with Crippen LogP contribution in [0.25, 0.3) is 0 Å². The SMILES string of the molecule is O=C(NC1CCSc2ccc(F)cc21)c1n[nH]c2c1CNCC2. The normalized spacial score (nSPS) is 19.8. The first-order valence-corrected chi connectivity index (χ1v) is 8.71. The lowest BCUT2D eigenvalue weighted by Crippen LogP contribution is -2.32. The third-order valence-corrected chi connectivity index (χ3v) is 5.46. The molecule has 1 unspecified atom stereocenters. The first kappa shape index (κ1) is 14.7. The van der Waals surface area contributed by atoms with E-state index in [-0.39, 0.29) is 17.8 Å². The van der Waals surface area contributed by atoms with Gasteiger partial charge >= 0.3 is 0 Å². The third kappa shape index (κ3) is 2.74. The number of hydrogen-bond acceptors (Lipinski definition) is 4. The second-order valence-electron chi connectivity index (χ2n) is 5.80. The fourth-order valence-corrected chi connectivity index (χ4v) is 4.26. The van der Waals surface area contributed by atoms with Crippen LogP contribution < -0.4 is 10.6 Å². The van der Waals surface area contributed by atoms with Crippen LogP contribution in [0.1, 0.15) is 39.8 Å². The molecule has 0 aliphatic carbocycles. The summed E-state index contributed by atoms with van der Waals surface area (Å²) in [6.45, 7) is 1.54. The van der Waals surface area contributed by atoms with E-state index in [4.69, 9.17) is 0 Å². The van der Waals surface area contributed by atoms with Gasteiger partial charge in [0.1, 0.15) is 5.82 Å². The van der Waals surface area contributed by atoms with Gasteiger partial charge in [-0.2, -0.15) is 5.10 Å². The summed E-state index contributed by atoms with van der Waals surface area (Å²) in [5.41, 5.74) is 3.28. The standard InChI is InChI=1S/C16H17FN4OS/c17-9-1-2-14-10(7-9)12(4-6-23-14)19-16(22)15-11-8-18-5-3-13(11)20-21-15/h1-2,7,12,18H,3-6,8H2,(H,19,22)(H,20,21). The minimum atomic E-state index is -0.271. The number of halogens is 1. The van der Waals surface area contributed by atoms with Crippen molar-refractivity contribution in [1.82, 2.24) is 20.8 Å². The van der Waals surface area contributed by atoms with Gasteiger partial charge in [0.15, 0.2) is 5.69 Å². The second kappa shape index (κ2) is 5.98. The first-order valence-electron chi connectivity index (χ1n) is 7.72. The Hall–Kier alpha value is -1.86. The highest BCUT2D eigenvalue weighted by Crippen LogP contribution is 2.36. The van der Waals surface area contributed by atoms with Gasteiger partial charge in [-0.05, 0) is 30.2 Å². The summed E-state index contributed by atoms with van der Waals surface area (Å²) in [5, 5.41) is 13.4. The number of nitrogens with zero attached hydrogens (tertiary/aromatic N) is 1. The largest absolute Gasteiger partial charge is 0.344 e. The lowest BCUT2D eigenvalue weighted by Gasteiger charge is -2.26. The highest BCUT2D eigenvalue weighted by atomic mass is 32.2. The molecule has 0 bridgehead atoms. The minimum Gasteiger partial charge on any atom is -0.344 e. The summed E-state index contributed by atoms with van der Waals surface area (Å²) in [6, 6.07) is 4.60. The predicted molar refractivity (Wildman–Crippen MR) is 85.9 cm³/mol. The van der Waals surface area contributed by atoms with Crippen molar-refractivity contribution in [1.29, 1.82) is 0 Å². The maximum atomic E-state index is 13.6. The molecule has 0 radical (unpaired) electrons. The Morgan fingerprint density at radius 1 is 1.43 bits per heavy atom. The number of carbonyl (C=O) groups is 1. The number of thioether (sulfide) groups is 1. The van der Waals surface area contributed by atoms with Crippen molar-refractivity contribution in [3.05, 3.63) is 46.5 Å². The Morgan fingerprint density at radius 2 is 2.35 bits per heavy atom. The van der Waals surface area contributed by atoms with E-state index in [1.165, 1.54) is 12.1 Å². The van der Waals surface area contributed by atoms with E-state index < -0.39 is 0 Å². The van der Waals surface area contributed by atoms with Crippen LogP contribution in [0.3, 0.4) is 0 Å². The van der Waals surface area contributed by atoms with Crippen LogP contribution in [-0.2, 0) is 13.0 Å². The molecule has 2 aromatic rings. The quantitative estimate of drug-likeness (QED) is 0.788. The molecule has 5 nitrogen and oxygen atoms in total. The molecule has 1 aromatic carbocycles. The van der Waals surface area contributed by atoms with Gasteiger partial charge in [0.2, 0.25) is 0 Å². The van der Waals surface area contributed by atoms with Crippen LogP contribution in [0.15, 0.2) is 23.1 Å². The molecule has 0 saturated heterocycles. The maximum absolute atomic E-state index is 13.6. The van der Waals surface area contributed by atoms with Gasteiger partial charge in [-0.3, -0.25) is 9.89 Å². The van der Waals surface area contributed by atoms with Crippen molar-refractivity contribution in [2.24, 2.45) is 0 Å². The van der Waals surface area contributed by atoms with Gasteiger partial charge in [0.05, 0.1) is 6.04 Å². The molecule has 2 aliphatic heterocycles. The molecule has 3 N–H and O–H groups in total. The van der Waals surface area contributed by atoms with Crippen LogP contribution in [0.5, 0.6) is 0 Å². The van der Waals surface area contributed by atoms with Crippen LogP contribution in [0.4, 0.5) is 4.39 Å². The average Bonchev–Trinajstić information content (AvgIpc) is 2.99. The lowest BCUT2D eigenvalue weighted by molar-refractivity contribution is 0.0928. The van der Waals surface area contributed by atoms with Crippen molar-refractivity contribution in [3.8, 4) is 0 Å². The Bertz CT molecular complexity index is 761. The number of carbonyl (C=O) groups excluding carboxylic acids is 1. The number of H-pyrrole nitrogens is 1. The van der Waals surface area contributed by atoms with Gasteiger partial charge in [-0.15, -0.1) is 11.8 Å². The summed E-state index contributed by atoms with van der Waals surface area (Å²) in [5.74, 6) is 0.439. The Kier molecular flexibility index (Phi) is 3.82. The molecule has 0 saturated carbocycles. The van der Waals surface area contributed by atoms with E-state index in [0.29, 0.717) is 12.2 Å². The third-order valence-electron chi connectivity index (χ3n) is 4.34. The summed E-state index contributed by atoms with van der Waals surface area (Å²) >= 11 is 1.70. The molecule has 2 aliphatic rings. The highest BCUT2D eigenvalue weighted by molar-refractivity contribution is 7.99. The monoisotopic (exact) mass is 332 g/mol. The summed E-state index contributed by atoms with van der Waals surface area (Å²) in [6.07, 6.45) is 1.64. The highest BCUT2D eigenvalue weighted by Gasteiger charge is 2.27. The Morgan fingerprint density at radius 3 is 3.26 bits per heavy atom.